The number of aryl methyl sites for hydroxylation is 2. The van der Waals surface area contributed by atoms with E-state index in [0.29, 0.717) is 23.4 Å². The highest BCUT2D eigenvalue weighted by atomic mass is 79.9. The van der Waals surface area contributed by atoms with Crippen molar-refractivity contribution in [3.63, 3.8) is 0 Å². The SMILES string of the molecule is Cc1cc(-c2ccc3c(n2)N(C(=O)Nc2cncc(Br)c2)[C@H]2CCN3C2)ccn1.Cc1cc(-c2ccc3c(n2)N[C@H]2CCN3C2)ccn1.Nc1cc(Br)ccn1. The molecule has 0 aliphatic carbocycles. The average molecular weight is 877 g/mol. The number of pyridine rings is 6. The predicted octanol–water partition coefficient (Wildman–Crippen LogP) is 8.12. The lowest BCUT2D eigenvalue weighted by atomic mass is 10.1. The van der Waals surface area contributed by atoms with Crippen molar-refractivity contribution in [2.24, 2.45) is 0 Å². The van der Waals surface area contributed by atoms with Crippen molar-refractivity contribution in [2.75, 3.05) is 57.2 Å². The minimum absolute atomic E-state index is 0.101. The predicted molar refractivity (Wildman–Crippen MR) is 229 cm³/mol. The summed E-state index contributed by atoms with van der Waals surface area (Å²) in [6.45, 7) is 7.97. The number of fused-ring (bicyclic) bond motifs is 8. The topological polar surface area (TPSA) is 154 Å². The summed E-state index contributed by atoms with van der Waals surface area (Å²) in [7, 11) is 0. The van der Waals surface area contributed by atoms with Crippen molar-refractivity contribution in [3.05, 3.63) is 118 Å². The van der Waals surface area contributed by atoms with Gasteiger partial charge in [-0.15, -0.1) is 0 Å². The van der Waals surface area contributed by atoms with Gasteiger partial charge in [0.25, 0.3) is 0 Å². The first-order valence-electron chi connectivity index (χ1n) is 18.4. The van der Waals surface area contributed by atoms with E-state index in [1.807, 2.05) is 56.4 Å². The molecule has 56 heavy (non-hydrogen) atoms. The molecule has 4 aliphatic rings. The third-order valence-electron chi connectivity index (χ3n) is 10.00. The first-order chi connectivity index (χ1) is 27.2. The normalized spacial score (nSPS) is 17.0. The number of amides is 2. The Morgan fingerprint density at radius 3 is 2.12 bits per heavy atom. The van der Waals surface area contributed by atoms with E-state index in [0.717, 1.165) is 87.0 Å². The molecule has 0 saturated carbocycles. The number of nitrogen functional groups attached to an aromatic ring is 1. The van der Waals surface area contributed by atoms with Crippen molar-refractivity contribution >= 4 is 72.4 Å². The number of nitrogens with zero attached hydrogens (tertiary/aromatic N) is 9. The smallest absolute Gasteiger partial charge is 0.327 e. The standard InChI is InChI=1S/C21H19BrN6O.C15H16N4.C5H5BrN2/c1-13-8-14(4-6-24-13)18-2-3-19-20(26-18)28(17-5-7-27(19)12-17)21(29)25-16-9-15(22)10-23-11-16;1-10-8-11(4-6-16-10)13-2-3-14-15(18-13)17-12-5-7-19(14)9-12;6-4-1-2-8-5(7)3-4/h2-4,6,8-11,17H,5,7,12H2,1H3,(H,25,29);2-4,6,8,12H,5,7,9H2,1H3,(H,17,18);1-3H,(H2,7,8)/t17-;12-;/m00./s1. The second kappa shape index (κ2) is 16.2. The molecule has 0 aromatic carbocycles. The third kappa shape index (κ3) is 8.28. The zero-order valence-electron chi connectivity index (χ0n) is 30.9. The molecule has 10 rings (SSSR count). The molecule has 6 aromatic heterocycles. The van der Waals surface area contributed by atoms with Crippen molar-refractivity contribution in [2.45, 2.75) is 38.8 Å². The number of hydrogen-bond donors (Lipinski definition) is 3. The Kier molecular flexibility index (Phi) is 10.8. The Balaban J connectivity index is 0.000000139. The van der Waals surface area contributed by atoms with Gasteiger partial charge < -0.3 is 26.2 Å². The number of urea groups is 1. The van der Waals surface area contributed by atoms with E-state index < -0.39 is 0 Å². The van der Waals surface area contributed by atoms with Crippen LogP contribution in [0.5, 0.6) is 0 Å². The van der Waals surface area contributed by atoms with Crippen molar-refractivity contribution in [1.29, 1.82) is 0 Å². The van der Waals surface area contributed by atoms with E-state index in [1.54, 1.807) is 35.8 Å². The third-order valence-corrected chi connectivity index (χ3v) is 10.9. The summed E-state index contributed by atoms with van der Waals surface area (Å²) in [6.07, 6.45) is 10.7. The number of anilines is 6. The number of halogens is 2. The Morgan fingerprint density at radius 1 is 0.768 bits per heavy atom. The number of nitrogens with two attached hydrogens (primary N) is 1. The van der Waals surface area contributed by atoms with E-state index in [1.165, 1.54) is 12.1 Å². The highest BCUT2D eigenvalue weighted by Crippen LogP contribution is 2.41. The molecule has 10 heterocycles. The van der Waals surface area contributed by atoms with E-state index in [9.17, 15) is 4.79 Å². The molecular weight excluding hydrogens is 836 g/mol. The van der Waals surface area contributed by atoms with Gasteiger partial charge in [-0.2, -0.15) is 0 Å². The van der Waals surface area contributed by atoms with E-state index in [2.05, 4.69) is 96.5 Å². The molecular formula is C41H40Br2N12O. The average Bonchev–Trinajstić information content (AvgIpc) is 3.79. The number of carbonyl (C=O) groups is 1. The highest BCUT2D eigenvalue weighted by Gasteiger charge is 2.40. The summed E-state index contributed by atoms with van der Waals surface area (Å²) in [4.78, 5) is 45.9. The molecule has 6 aromatic rings. The van der Waals surface area contributed by atoms with Crippen LogP contribution in [-0.4, -0.2) is 74.2 Å². The van der Waals surface area contributed by atoms with Crippen LogP contribution in [0.4, 0.5) is 39.3 Å². The Hall–Kier alpha value is -5.67. The molecule has 2 atom stereocenters. The van der Waals surface area contributed by atoms with Gasteiger partial charge in [0.1, 0.15) is 5.82 Å². The van der Waals surface area contributed by atoms with E-state index >= 15 is 0 Å². The van der Waals surface area contributed by atoms with Crippen LogP contribution < -0.4 is 31.1 Å². The molecule has 13 nitrogen and oxygen atoms in total. The highest BCUT2D eigenvalue weighted by molar-refractivity contribution is 9.10. The summed E-state index contributed by atoms with van der Waals surface area (Å²) in [5.74, 6) is 2.27. The Labute approximate surface area is 342 Å². The number of carbonyl (C=O) groups excluding carboxylic acids is 1. The zero-order chi connectivity index (χ0) is 38.8. The molecule has 0 spiro atoms. The van der Waals surface area contributed by atoms with Gasteiger partial charge in [0.05, 0.1) is 40.7 Å². The molecule has 15 heteroatoms. The fourth-order valence-corrected chi connectivity index (χ4v) is 8.11. The molecule has 2 saturated heterocycles. The summed E-state index contributed by atoms with van der Waals surface area (Å²) in [6, 6.07) is 22.3. The van der Waals surface area contributed by atoms with Gasteiger partial charge in [0, 0.05) is 88.5 Å². The summed E-state index contributed by atoms with van der Waals surface area (Å²) < 4.78 is 1.78. The van der Waals surface area contributed by atoms with Crippen LogP contribution in [0.3, 0.4) is 0 Å². The van der Waals surface area contributed by atoms with Crippen LogP contribution in [0.2, 0.25) is 0 Å². The molecule has 0 radical (unpaired) electrons. The lowest BCUT2D eigenvalue weighted by Crippen LogP contribution is -2.48. The van der Waals surface area contributed by atoms with Crippen LogP contribution in [0, 0.1) is 13.8 Å². The Bertz CT molecular complexity index is 2380. The van der Waals surface area contributed by atoms with E-state index in [4.69, 9.17) is 15.7 Å². The number of aromatic nitrogens is 6. The van der Waals surface area contributed by atoms with Crippen molar-refractivity contribution < 1.29 is 4.79 Å². The van der Waals surface area contributed by atoms with Crippen LogP contribution in [-0.2, 0) is 0 Å². The van der Waals surface area contributed by atoms with Gasteiger partial charge in [-0.3, -0.25) is 19.9 Å². The maximum Gasteiger partial charge on any atom is 0.327 e. The molecule has 0 unspecified atom stereocenters. The van der Waals surface area contributed by atoms with Crippen LogP contribution in [0.1, 0.15) is 24.2 Å². The lowest BCUT2D eigenvalue weighted by molar-refractivity contribution is 0.255. The quantitative estimate of drug-likeness (QED) is 0.158. The fourth-order valence-electron chi connectivity index (χ4n) is 7.39. The second-order valence-corrected chi connectivity index (χ2v) is 15.9. The van der Waals surface area contributed by atoms with Crippen molar-refractivity contribution in [3.8, 4) is 22.5 Å². The fraction of sp³-hybridized carbons (Fsp3) is 0.244. The maximum atomic E-state index is 13.2. The Morgan fingerprint density at radius 2 is 1.45 bits per heavy atom. The number of hydrogen-bond acceptors (Lipinski definition) is 11. The van der Waals surface area contributed by atoms with Gasteiger partial charge in [0.2, 0.25) is 0 Å². The second-order valence-electron chi connectivity index (χ2n) is 14.0. The van der Waals surface area contributed by atoms with Crippen LogP contribution in [0.25, 0.3) is 22.5 Å². The monoisotopic (exact) mass is 874 g/mol. The van der Waals surface area contributed by atoms with Gasteiger partial charge in [-0.1, -0.05) is 15.9 Å². The zero-order valence-corrected chi connectivity index (χ0v) is 34.1. The molecule has 4 bridgehead atoms. The molecule has 4 N–H and O–H groups in total. The number of rotatable bonds is 3. The summed E-state index contributed by atoms with van der Waals surface area (Å²) in [5, 5.41) is 6.52. The molecule has 284 valence electrons. The van der Waals surface area contributed by atoms with Gasteiger partial charge in [-0.25, -0.2) is 19.7 Å². The summed E-state index contributed by atoms with van der Waals surface area (Å²) >= 11 is 6.64. The minimum Gasteiger partial charge on any atom is -0.384 e. The van der Waals surface area contributed by atoms with Gasteiger partial charge in [0.15, 0.2) is 11.6 Å². The van der Waals surface area contributed by atoms with Gasteiger partial charge in [-0.05, 0) is 109 Å². The first-order valence-corrected chi connectivity index (χ1v) is 20.0. The molecule has 4 aliphatic heterocycles. The summed E-state index contributed by atoms with van der Waals surface area (Å²) in [5.41, 5.74) is 14.1. The van der Waals surface area contributed by atoms with Crippen molar-refractivity contribution in [1.82, 2.24) is 29.9 Å². The van der Waals surface area contributed by atoms with Crippen LogP contribution >= 0.6 is 31.9 Å². The first kappa shape index (κ1) is 37.3. The minimum atomic E-state index is -0.187. The van der Waals surface area contributed by atoms with Crippen LogP contribution in [0.15, 0.2) is 107 Å². The molecule has 2 fully saturated rings. The maximum absolute atomic E-state index is 13.2. The molecule has 2 amide bonds. The lowest BCUT2D eigenvalue weighted by Gasteiger charge is -2.36. The number of nitrogens with one attached hydrogen (secondary N) is 2. The van der Waals surface area contributed by atoms with E-state index in [-0.39, 0.29) is 12.1 Å². The largest absolute Gasteiger partial charge is 0.384 e. The van der Waals surface area contributed by atoms with Gasteiger partial charge >= 0.3 is 6.03 Å².